The minimum Gasteiger partial charge on any atom is -0.338 e. The first-order valence-corrected chi connectivity index (χ1v) is 6.88. The first-order valence-electron chi connectivity index (χ1n) is 6.44. The van der Waals surface area contributed by atoms with Crippen LogP contribution in [0.3, 0.4) is 0 Å². The number of rotatable bonds is 6. The van der Waals surface area contributed by atoms with Crippen LogP contribution in [0.5, 0.6) is 0 Å². The predicted molar refractivity (Wildman–Crippen MR) is 71.3 cm³/mol. The maximum absolute atomic E-state index is 11.8. The molecule has 1 unspecified atom stereocenters. The molecule has 0 aromatic carbocycles. The van der Waals surface area contributed by atoms with Gasteiger partial charge in [0.05, 0.1) is 0 Å². The fraction of sp³-hybridized carbons (Fsp3) is 0.833. The van der Waals surface area contributed by atoms with Crippen LogP contribution in [0.4, 0.5) is 4.79 Å². The monoisotopic (exact) mass is 258 g/mol. The van der Waals surface area contributed by atoms with Crippen molar-refractivity contribution in [2.45, 2.75) is 51.5 Å². The quantitative estimate of drug-likeness (QED) is 0.567. The van der Waals surface area contributed by atoms with Gasteiger partial charge < -0.3 is 10.2 Å². The second-order valence-corrected chi connectivity index (χ2v) is 4.92. The average Bonchev–Trinajstić information content (AvgIpc) is 2.77. The van der Waals surface area contributed by atoms with Crippen LogP contribution in [0.1, 0.15) is 45.4 Å². The molecule has 1 rings (SSSR count). The number of carbonyl (C=O) groups excluding carboxylic acids is 2. The van der Waals surface area contributed by atoms with Crippen LogP contribution < -0.4 is 5.32 Å². The molecule has 0 aromatic heterocycles. The summed E-state index contributed by atoms with van der Waals surface area (Å²) in [6, 6.07) is -0.444. The van der Waals surface area contributed by atoms with Gasteiger partial charge in [0, 0.05) is 13.1 Å². The molecule has 1 atom stereocenters. The van der Waals surface area contributed by atoms with E-state index in [1.807, 2.05) is 0 Å². The largest absolute Gasteiger partial charge is 0.338 e. The summed E-state index contributed by atoms with van der Waals surface area (Å²) >= 11 is 3.82. The molecule has 1 aliphatic heterocycles. The van der Waals surface area contributed by atoms with Crippen LogP contribution in [-0.4, -0.2) is 35.2 Å². The second kappa shape index (κ2) is 7.58. The highest BCUT2D eigenvalue weighted by atomic mass is 32.1. The third kappa shape index (κ3) is 4.58. The van der Waals surface area contributed by atoms with E-state index < -0.39 is 0 Å². The molecule has 1 fully saturated rings. The number of likely N-dealkylation sites (tertiary alicyclic amines) is 1. The zero-order chi connectivity index (χ0) is 12.7. The molecule has 1 N–H and O–H groups in total. The number of amides is 2. The van der Waals surface area contributed by atoms with Crippen LogP contribution in [0.2, 0.25) is 0 Å². The smallest absolute Gasteiger partial charge is 0.318 e. The van der Waals surface area contributed by atoms with Gasteiger partial charge in [-0.3, -0.25) is 4.79 Å². The molecule has 0 spiro atoms. The number of urea groups is 1. The molecule has 4 nitrogen and oxygen atoms in total. The summed E-state index contributed by atoms with van der Waals surface area (Å²) in [4.78, 5) is 24.6. The van der Waals surface area contributed by atoms with Crippen molar-refractivity contribution in [1.29, 1.82) is 0 Å². The fourth-order valence-electron chi connectivity index (χ4n) is 2.12. The van der Waals surface area contributed by atoms with Crippen molar-refractivity contribution >= 4 is 23.8 Å². The Morgan fingerprint density at radius 1 is 1.35 bits per heavy atom. The van der Waals surface area contributed by atoms with Gasteiger partial charge in [-0.15, -0.1) is 12.6 Å². The first-order chi connectivity index (χ1) is 8.16. The molecular weight excluding hydrogens is 236 g/mol. The Bertz CT molecular complexity index is 271. The zero-order valence-corrected chi connectivity index (χ0v) is 11.3. The fourth-order valence-corrected chi connectivity index (χ4v) is 2.38. The number of nitrogens with one attached hydrogen (secondary N) is 1. The number of nitrogens with zero attached hydrogens (tertiary/aromatic N) is 1. The number of thiol groups is 1. The van der Waals surface area contributed by atoms with Crippen LogP contribution in [-0.2, 0) is 4.79 Å². The van der Waals surface area contributed by atoms with Crippen molar-refractivity contribution in [3.63, 3.8) is 0 Å². The molecular formula is C12H22N2O2S. The van der Waals surface area contributed by atoms with E-state index in [-0.39, 0.29) is 17.2 Å². The van der Waals surface area contributed by atoms with Crippen LogP contribution in [0, 0.1) is 0 Å². The predicted octanol–water partition coefficient (Wildman–Crippen LogP) is 2.20. The summed E-state index contributed by atoms with van der Waals surface area (Å²) in [7, 11) is 0. The third-order valence-corrected chi connectivity index (χ3v) is 3.40. The lowest BCUT2D eigenvalue weighted by atomic mass is 10.2. The summed E-state index contributed by atoms with van der Waals surface area (Å²) in [6.07, 6.45) is 6.18. The molecule has 0 aromatic rings. The number of carbonyl (C=O) groups is 2. The molecule has 98 valence electrons. The molecule has 1 aliphatic rings. The van der Waals surface area contributed by atoms with Gasteiger partial charge in [0.25, 0.3) is 0 Å². The van der Waals surface area contributed by atoms with Crippen molar-refractivity contribution in [3.8, 4) is 0 Å². The second-order valence-electron chi connectivity index (χ2n) is 4.48. The van der Waals surface area contributed by atoms with Crippen molar-refractivity contribution in [3.05, 3.63) is 0 Å². The van der Waals surface area contributed by atoms with E-state index in [1.54, 1.807) is 4.90 Å². The molecule has 1 saturated heterocycles. The van der Waals surface area contributed by atoms with Gasteiger partial charge in [0.2, 0.25) is 5.12 Å². The molecule has 0 bridgehead atoms. The summed E-state index contributed by atoms with van der Waals surface area (Å²) in [5.41, 5.74) is 0. The lowest BCUT2D eigenvalue weighted by Gasteiger charge is -2.22. The van der Waals surface area contributed by atoms with Gasteiger partial charge in [-0.25, -0.2) is 4.79 Å². The SMILES string of the molecule is CCCCCCNC(=O)N1CCCC1C(=O)S. The van der Waals surface area contributed by atoms with E-state index >= 15 is 0 Å². The molecule has 0 saturated carbocycles. The molecule has 0 aliphatic carbocycles. The van der Waals surface area contributed by atoms with Crippen molar-refractivity contribution < 1.29 is 9.59 Å². The van der Waals surface area contributed by atoms with Gasteiger partial charge in [-0.1, -0.05) is 26.2 Å². The van der Waals surface area contributed by atoms with E-state index in [4.69, 9.17) is 0 Å². The van der Waals surface area contributed by atoms with Gasteiger partial charge in [-0.2, -0.15) is 0 Å². The van der Waals surface area contributed by atoms with Gasteiger partial charge in [-0.05, 0) is 19.3 Å². The van der Waals surface area contributed by atoms with E-state index in [0.717, 1.165) is 25.7 Å². The summed E-state index contributed by atoms with van der Waals surface area (Å²) < 4.78 is 0. The number of unbranched alkanes of at least 4 members (excludes halogenated alkanes) is 3. The summed E-state index contributed by atoms with van der Waals surface area (Å²) in [5, 5.41) is 2.66. The normalized spacial score (nSPS) is 19.4. The molecule has 0 radical (unpaired) electrons. The lowest BCUT2D eigenvalue weighted by molar-refractivity contribution is -0.113. The lowest BCUT2D eigenvalue weighted by Crippen LogP contribution is -2.45. The summed E-state index contributed by atoms with van der Waals surface area (Å²) in [6.45, 7) is 3.52. The third-order valence-electron chi connectivity index (χ3n) is 3.11. The average molecular weight is 258 g/mol. The van der Waals surface area contributed by atoms with Crippen LogP contribution in [0.25, 0.3) is 0 Å². The molecule has 17 heavy (non-hydrogen) atoms. The zero-order valence-electron chi connectivity index (χ0n) is 10.4. The van der Waals surface area contributed by atoms with Crippen LogP contribution in [0.15, 0.2) is 0 Å². The Labute approximate surface area is 109 Å². The van der Waals surface area contributed by atoms with E-state index in [9.17, 15) is 9.59 Å². The Morgan fingerprint density at radius 3 is 2.76 bits per heavy atom. The number of hydrogen-bond donors (Lipinski definition) is 2. The number of hydrogen-bond acceptors (Lipinski definition) is 2. The Morgan fingerprint density at radius 2 is 2.12 bits per heavy atom. The molecule has 2 amide bonds. The first kappa shape index (κ1) is 14.4. The van der Waals surface area contributed by atoms with Gasteiger partial charge in [0.1, 0.15) is 6.04 Å². The van der Waals surface area contributed by atoms with E-state index in [1.165, 1.54) is 12.8 Å². The topological polar surface area (TPSA) is 49.4 Å². The highest BCUT2D eigenvalue weighted by molar-refractivity contribution is 7.96. The summed E-state index contributed by atoms with van der Waals surface area (Å²) in [5.74, 6) is 0. The molecule has 5 heteroatoms. The van der Waals surface area contributed by atoms with E-state index in [2.05, 4.69) is 24.9 Å². The maximum atomic E-state index is 11.8. The molecule has 1 heterocycles. The van der Waals surface area contributed by atoms with Crippen LogP contribution >= 0.6 is 12.6 Å². The standard InChI is InChI=1S/C12H22N2O2S/c1-2-3-4-5-8-13-12(16)14-9-6-7-10(14)11(15)17/h10H,2-9H2,1H3,(H,13,16)(H,15,17). The Balaban J connectivity index is 2.25. The highest BCUT2D eigenvalue weighted by Gasteiger charge is 2.32. The highest BCUT2D eigenvalue weighted by Crippen LogP contribution is 2.19. The maximum Gasteiger partial charge on any atom is 0.318 e. The minimum absolute atomic E-state index is 0.119. The van der Waals surface area contributed by atoms with Crippen molar-refractivity contribution in [1.82, 2.24) is 10.2 Å². The Kier molecular flexibility index (Phi) is 6.40. The van der Waals surface area contributed by atoms with E-state index in [0.29, 0.717) is 13.1 Å². The Hall–Kier alpha value is -0.710. The van der Waals surface area contributed by atoms with Gasteiger partial charge in [0.15, 0.2) is 0 Å². The van der Waals surface area contributed by atoms with Crippen molar-refractivity contribution in [2.75, 3.05) is 13.1 Å². The van der Waals surface area contributed by atoms with Crippen molar-refractivity contribution in [2.24, 2.45) is 0 Å². The minimum atomic E-state index is -0.325. The van der Waals surface area contributed by atoms with Gasteiger partial charge >= 0.3 is 6.03 Å².